The summed E-state index contributed by atoms with van der Waals surface area (Å²) in [5, 5.41) is 3.79. The van der Waals surface area contributed by atoms with Gasteiger partial charge in [0.15, 0.2) is 0 Å². The van der Waals surface area contributed by atoms with E-state index in [-0.39, 0.29) is 0 Å². The van der Waals surface area contributed by atoms with E-state index in [1.807, 2.05) is 0 Å². The molecule has 2 aliphatic rings. The summed E-state index contributed by atoms with van der Waals surface area (Å²) < 4.78 is 0. The van der Waals surface area contributed by atoms with E-state index >= 15 is 0 Å². The van der Waals surface area contributed by atoms with Crippen molar-refractivity contribution in [3.05, 3.63) is 12.2 Å². The molecule has 0 aromatic carbocycles. The Morgan fingerprint density at radius 3 is 2.14 bits per heavy atom. The van der Waals surface area contributed by atoms with E-state index in [9.17, 15) is 0 Å². The Hall–Kier alpha value is -0.300. The standard InChI is InChI=1S/C13H23N/c1-13(2)9-7-12(8-10-13)14-11-5-3-4-6-11/h3-4,11-12,14H,5-10H2,1-2H3. The number of hydrogen-bond donors (Lipinski definition) is 1. The van der Waals surface area contributed by atoms with Crippen molar-refractivity contribution in [1.82, 2.24) is 5.32 Å². The lowest BCUT2D eigenvalue weighted by molar-refractivity contribution is 0.199. The third-order valence-corrected chi connectivity index (χ3v) is 3.82. The molecule has 1 N–H and O–H groups in total. The molecule has 1 nitrogen and oxygen atoms in total. The lowest BCUT2D eigenvalue weighted by Crippen LogP contribution is -2.40. The van der Waals surface area contributed by atoms with Crippen molar-refractivity contribution in [2.45, 2.75) is 64.5 Å². The molecule has 0 aliphatic heterocycles. The van der Waals surface area contributed by atoms with E-state index in [2.05, 4.69) is 31.3 Å². The van der Waals surface area contributed by atoms with Crippen molar-refractivity contribution in [2.24, 2.45) is 5.41 Å². The molecule has 14 heavy (non-hydrogen) atoms. The summed E-state index contributed by atoms with van der Waals surface area (Å²) in [7, 11) is 0. The molecule has 0 heterocycles. The molecule has 0 atom stereocenters. The Morgan fingerprint density at radius 1 is 1.00 bits per heavy atom. The number of rotatable bonds is 2. The summed E-state index contributed by atoms with van der Waals surface area (Å²) in [6.07, 6.45) is 12.7. The van der Waals surface area contributed by atoms with Gasteiger partial charge in [0.25, 0.3) is 0 Å². The van der Waals surface area contributed by atoms with Crippen LogP contribution in [0.3, 0.4) is 0 Å². The van der Waals surface area contributed by atoms with Crippen LogP contribution in [0.4, 0.5) is 0 Å². The van der Waals surface area contributed by atoms with Crippen LogP contribution in [-0.4, -0.2) is 12.1 Å². The monoisotopic (exact) mass is 193 g/mol. The fourth-order valence-electron chi connectivity index (χ4n) is 2.65. The molecule has 0 amide bonds. The van der Waals surface area contributed by atoms with Crippen LogP contribution in [0.15, 0.2) is 12.2 Å². The van der Waals surface area contributed by atoms with Crippen LogP contribution in [0.1, 0.15) is 52.4 Å². The molecular formula is C13H23N. The third-order valence-electron chi connectivity index (χ3n) is 3.82. The van der Waals surface area contributed by atoms with Crippen LogP contribution >= 0.6 is 0 Å². The van der Waals surface area contributed by atoms with Crippen LogP contribution in [-0.2, 0) is 0 Å². The molecule has 0 unspecified atom stereocenters. The molecule has 1 heteroatoms. The van der Waals surface area contributed by atoms with Gasteiger partial charge < -0.3 is 5.32 Å². The summed E-state index contributed by atoms with van der Waals surface area (Å²) in [5.41, 5.74) is 0.603. The Balaban J connectivity index is 1.73. The van der Waals surface area contributed by atoms with Crippen LogP contribution in [0.2, 0.25) is 0 Å². The van der Waals surface area contributed by atoms with Gasteiger partial charge in [-0.2, -0.15) is 0 Å². The molecule has 0 bridgehead atoms. The van der Waals surface area contributed by atoms with Gasteiger partial charge >= 0.3 is 0 Å². The average Bonchev–Trinajstić information content (AvgIpc) is 2.61. The zero-order chi connectivity index (χ0) is 10.0. The van der Waals surface area contributed by atoms with Gasteiger partial charge in [0.1, 0.15) is 0 Å². The maximum Gasteiger partial charge on any atom is 0.0139 e. The highest BCUT2D eigenvalue weighted by Crippen LogP contribution is 2.35. The van der Waals surface area contributed by atoms with Gasteiger partial charge in [-0.25, -0.2) is 0 Å². The fraction of sp³-hybridized carbons (Fsp3) is 0.846. The van der Waals surface area contributed by atoms with Crippen molar-refractivity contribution in [2.75, 3.05) is 0 Å². The van der Waals surface area contributed by atoms with E-state index in [1.54, 1.807) is 0 Å². The van der Waals surface area contributed by atoms with E-state index in [1.165, 1.54) is 38.5 Å². The first-order chi connectivity index (χ1) is 6.66. The number of nitrogens with one attached hydrogen (secondary N) is 1. The fourth-order valence-corrected chi connectivity index (χ4v) is 2.65. The molecule has 2 aliphatic carbocycles. The minimum atomic E-state index is 0.603. The van der Waals surface area contributed by atoms with Gasteiger partial charge in [-0.05, 0) is 43.9 Å². The Bertz CT molecular complexity index is 199. The summed E-state index contributed by atoms with van der Waals surface area (Å²) >= 11 is 0. The second-order valence-electron chi connectivity index (χ2n) is 5.74. The normalized spacial score (nSPS) is 28.4. The van der Waals surface area contributed by atoms with E-state index in [0.29, 0.717) is 5.41 Å². The van der Waals surface area contributed by atoms with Crippen molar-refractivity contribution in [3.8, 4) is 0 Å². The maximum atomic E-state index is 3.79. The van der Waals surface area contributed by atoms with Gasteiger partial charge in [0, 0.05) is 12.1 Å². The Kier molecular flexibility index (Phi) is 2.96. The summed E-state index contributed by atoms with van der Waals surface area (Å²) in [4.78, 5) is 0. The van der Waals surface area contributed by atoms with Crippen molar-refractivity contribution >= 4 is 0 Å². The van der Waals surface area contributed by atoms with Gasteiger partial charge in [0.05, 0.1) is 0 Å². The number of hydrogen-bond acceptors (Lipinski definition) is 1. The highest BCUT2D eigenvalue weighted by atomic mass is 15.0. The minimum Gasteiger partial charge on any atom is -0.311 e. The predicted molar refractivity (Wildman–Crippen MR) is 61.3 cm³/mol. The molecule has 1 fully saturated rings. The summed E-state index contributed by atoms with van der Waals surface area (Å²) in [6, 6.07) is 1.55. The van der Waals surface area contributed by atoms with Gasteiger partial charge in [0.2, 0.25) is 0 Å². The molecule has 80 valence electrons. The first-order valence-electron chi connectivity index (χ1n) is 6.07. The summed E-state index contributed by atoms with van der Waals surface area (Å²) in [6.45, 7) is 4.81. The largest absolute Gasteiger partial charge is 0.311 e. The molecular weight excluding hydrogens is 170 g/mol. The Morgan fingerprint density at radius 2 is 1.57 bits per heavy atom. The zero-order valence-electron chi connectivity index (χ0n) is 9.55. The lowest BCUT2D eigenvalue weighted by atomic mass is 9.75. The molecule has 0 saturated heterocycles. The summed E-state index contributed by atoms with van der Waals surface area (Å²) in [5.74, 6) is 0. The van der Waals surface area contributed by atoms with Crippen molar-refractivity contribution in [1.29, 1.82) is 0 Å². The smallest absolute Gasteiger partial charge is 0.0139 e. The van der Waals surface area contributed by atoms with Crippen molar-refractivity contribution < 1.29 is 0 Å². The second kappa shape index (κ2) is 4.06. The van der Waals surface area contributed by atoms with Gasteiger partial charge in [-0.15, -0.1) is 0 Å². The van der Waals surface area contributed by atoms with E-state index in [0.717, 1.165) is 12.1 Å². The zero-order valence-corrected chi connectivity index (χ0v) is 9.55. The lowest BCUT2D eigenvalue weighted by Gasteiger charge is -2.36. The van der Waals surface area contributed by atoms with Crippen LogP contribution in [0.5, 0.6) is 0 Å². The molecule has 0 aromatic heterocycles. The maximum absolute atomic E-state index is 3.79. The topological polar surface area (TPSA) is 12.0 Å². The van der Waals surface area contributed by atoms with Crippen LogP contribution in [0.25, 0.3) is 0 Å². The van der Waals surface area contributed by atoms with Crippen LogP contribution < -0.4 is 5.32 Å². The highest BCUT2D eigenvalue weighted by molar-refractivity contribution is 4.99. The highest BCUT2D eigenvalue weighted by Gasteiger charge is 2.27. The Labute approximate surface area is 88.0 Å². The average molecular weight is 193 g/mol. The quantitative estimate of drug-likeness (QED) is 0.664. The first-order valence-corrected chi connectivity index (χ1v) is 6.07. The SMILES string of the molecule is CC1(C)CCC(NC2CC=CC2)CC1. The van der Waals surface area contributed by atoms with Crippen LogP contribution in [0, 0.1) is 5.41 Å². The molecule has 0 spiro atoms. The van der Waals surface area contributed by atoms with Crippen molar-refractivity contribution in [3.63, 3.8) is 0 Å². The molecule has 1 saturated carbocycles. The van der Waals surface area contributed by atoms with E-state index in [4.69, 9.17) is 0 Å². The second-order valence-corrected chi connectivity index (χ2v) is 5.74. The predicted octanol–water partition coefficient (Wildman–Crippen LogP) is 3.26. The molecule has 0 radical (unpaired) electrons. The third kappa shape index (κ3) is 2.60. The van der Waals surface area contributed by atoms with Gasteiger partial charge in [-0.1, -0.05) is 26.0 Å². The van der Waals surface area contributed by atoms with Gasteiger partial charge in [-0.3, -0.25) is 0 Å². The first kappa shape index (κ1) is 10.2. The van der Waals surface area contributed by atoms with E-state index < -0.39 is 0 Å². The molecule has 0 aromatic rings. The molecule has 2 rings (SSSR count). The minimum absolute atomic E-state index is 0.603.